The van der Waals surface area contributed by atoms with Crippen LogP contribution in [0.3, 0.4) is 0 Å². The molecule has 0 fully saturated rings. The molecule has 2 aromatic rings. The fourth-order valence-electron chi connectivity index (χ4n) is 1.31. The number of halogens is 1. The van der Waals surface area contributed by atoms with E-state index in [1.165, 1.54) is 13.2 Å². The van der Waals surface area contributed by atoms with Crippen LogP contribution in [0.25, 0.3) is 11.0 Å². The van der Waals surface area contributed by atoms with E-state index >= 15 is 0 Å². The van der Waals surface area contributed by atoms with E-state index in [4.69, 9.17) is 26.5 Å². The highest BCUT2D eigenvalue weighted by Crippen LogP contribution is 2.32. The number of nitrogen functional groups attached to an aromatic ring is 1. The van der Waals surface area contributed by atoms with Crippen LogP contribution in [0.2, 0.25) is 5.02 Å². The number of nitrogens with two attached hydrogens (primary N) is 1. The molecule has 0 spiro atoms. The molecule has 0 saturated heterocycles. The first-order valence-electron chi connectivity index (χ1n) is 4.19. The van der Waals surface area contributed by atoms with E-state index in [0.29, 0.717) is 11.1 Å². The van der Waals surface area contributed by atoms with E-state index in [1.807, 2.05) is 0 Å². The van der Waals surface area contributed by atoms with E-state index in [9.17, 15) is 4.79 Å². The molecule has 5 heteroatoms. The smallest absolute Gasteiger partial charge is 0.359 e. The van der Waals surface area contributed by atoms with Gasteiger partial charge in [0.2, 0.25) is 0 Å². The van der Waals surface area contributed by atoms with Crippen molar-refractivity contribution in [2.24, 2.45) is 0 Å². The number of benzene rings is 1. The number of ether oxygens (including phenoxy) is 1. The lowest BCUT2D eigenvalue weighted by molar-refractivity contribution is 0.414. The van der Waals surface area contributed by atoms with Crippen LogP contribution in [0, 0.1) is 0 Å². The molecular formula is C10H8ClNO3. The van der Waals surface area contributed by atoms with Gasteiger partial charge in [0.25, 0.3) is 0 Å². The Balaban J connectivity index is 2.87. The summed E-state index contributed by atoms with van der Waals surface area (Å²) in [4.78, 5) is 11.2. The molecule has 4 nitrogen and oxygen atoms in total. The van der Waals surface area contributed by atoms with E-state index < -0.39 is 5.63 Å². The Labute approximate surface area is 90.2 Å². The van der Waals surface area contributed by atoms with Crippen molar-refractivity contribution in [3.8, 4) is 5.75 Å². The third-order valence-corrected chi connectivity index (χ3v) is 2.41. The Kier molecular flexibility index (Phi) is 2.28. The van der Waals surface area contributed by atoms with Crippen LogP contribution < -0.4 is 16.1 Å². The van der Waals surface area contributed by atoms with Gasteiger partial charge in [-0.15, -0.1) is 0 Å². The van der Waals surface area contributed by atoms with Crippen LogP contribution in [0.15, 0.2) is 27.4 Å². The summed E-state index contributed by atoms with van der Waals surface area (Å²) in [6.45, 7) is 0. The first-order chi connectivity index (χ1) is 7.13. The maximum Gasteiger partial charge on any atom is 0.359 e. The minimum atomic E-state index is -0.599. The Morgan fingerprint density at radius 1 is 1.47 bits per heavy atom. The van der Waals surface area contributed by atoms with Crippen LogP contribution in [-0.2, 0) is 0 Å². The predicted molar refractivity (Wildman–Crippen MR) is 58.5 cm³/mol. The highest BCUT2D eigenvalue weighted by atomic mass is 35.5. The van der Waals surface area contributed by atoms with Gasteiger partial charge in [-0.3, -0.25) is 0 Å². The largest absolute Gasteiger partial charge is 0.495 e. The fourth-order valence-corrected chi connectivity index (χ4v) is 1.59. The van der Waals surface area contributed by atoms with Gasteiger partial charge in [0, 0.05) is 5.39 Å². The van der Waals surface area contributed by atoms with E-state index in [-0.39, 0.29) is 16.3 Å². The molecule has 0 radical (unpaired) electrons. The lowest BCUT2D eigenvalue weighted by Gasteiger charge is -2.05. The van der Waals surface area contributed by atoms with Gasteiger partial charge in [-0.2, -0.15) is 0 Å². The molecule has 2 N–H and O–H groups in total. The molecule has 0 bridgehead atoms. The van der Waals surface area contributed by atoms with Crippen molar-refractivity contribution in [2.45, 2.75) is 0 Å². The minimum absolute atomic E-state index is 0.0590. The molecule has 1 heterocycles. The van der Waals surface area contributed by atoms with Crippen LogP contribution >= 0.6 is 11.6 Å². The average molecular weight is 226 g/mol. The molecule has 0 aliphatic heterocycles. The zero-order valence-electron chi connectivity index (χ0n) is 7.91. The van der Waals surface area contributed by atoms with Crippen molar-refractivity contribution in [3.63, 3.8) is 0 Å². The minimum Gasteiger partial charge on any atom is -0.495 e. The molecule has 78 valence electrons. The highest BCUT2D eigenvalue weighted by Gasteiger charge is 2.10. The average Bonchev–Trinajstić information content (AvgIpc) is 2.22. The molecule has 0 aliphatic carbocycles. The molecule has 2 rings (SSSR count). The summed E-state index contributed by atoms with van der Waals surface area (Å²) >= 11 is 5.97. The topological polar surface area (TPSA) is 65.5 Å². The van der Waals surface area contributed by atoms with Crippen molar-refractivity contribution >= 4 is 28.3 Å². The van der Waals surface area contributed by atoms with Gasteiger partial charge in [-0.1, -0.05) is 11.6 Å². The third-order valence-electron chi connectivity index (χ3n) is 2.05. The van der Waals surface area contributed by atoms with Crippen molar-refractivity contribution in [3.05, 3.63) is 33.6 Å². The summed E-state index contributed by atoms with van der Waals surface area (Å²) in [7, 11) is 1.49. The number of hydrogen-bond acceptors (Lipinski definition) is 4. The third kappa shape index (κ3) is 1.53. The normalized spacial score (nSPS) is 10.5. The number of rotatable bonds is 1. The highest BCUT2D eigenvalue weighted by molar-refractivity contribution is 6.36. The molecule has 1 aromatic carbocycles. The fraction of sp³-hybridized carbons (Fsp3) is 0.100. The Morgan fingerprint density at radius 3 is 2.87 bits per heavy atom. The second-order valence-corrected chi connectivity index (χ2v) is 3.37. The van der Waals surface area contributed by atoms with Crippen molar-refractivity contribution < 1.29 is 9.15 Å². The van der Waals surface area contributed by atoms with Crippen molar-refractivity contribution in [2.75, 3.05) is 12.8 Å². The Hall–Kier alpha value is -1.68. The van der Waals surface area contributed by atoms with Gasteiger partial charge in [-0.25, -0.2) is 4.79 Å². The van der Waals surface area contributed by atoms with Crippen LogP contribution in [0.1, 0.15) is 0 Å². The van der Waals surface area contributed by atoms with Crippen LogP contribution in [0.5, 0.6) is 5.75 Å². The maximum absolute atomic E-state index is 11.2. The van der Waals surface area contributed by atoms with Crippen molar-refractivity contribution in [1.82, 2.24) is 0 Å². The van der Waals surface area contributed by atoms with Gasteiger partial charge < -0.3 is 14.9 Å². The number of hydrogen-bond donors (Lipinski definition) is 1. The second kappa shape index (κ2) is 3.47. The molecule has 15 heavy (non-hydrogen) atoms. The lowest BCUT2D eigenvalue weighted by Crippen LogP contribution is -2.05. The predicted octanol–water partition coefficient (Wildman–Crippen LogP) is 2.04. The quantitative estimate of drug-likeness (QED) is 0.755. The Morgan fingerprint density at radius 2 is 2.20 bits per heavy atom. The van der Waals surface area contributed by atoms with Gasteiger partial charge in [0.1, 0.15) is 16.5 Å². The van der Waals surface area contributed by atoms with E-state index in [1.54, 1.807) is 12.1 Å². The SMILES string of the molecule is COc1ccc2cc(N)c(=O)oc2c1Cl. The second-order valence-electron chi connectivity index (χ2n) is 2.99. The van der Waals surface area contributed by atoms with Gasteiger partial charge >= 0.3 is 5.63 Å². The van der Waals surface area contributed by atoms with Gasteiger partial charge in [0.05, 0.1) is 7.11 Å². The molecule has 0 aliphatic rings. The summed E-state index contributed by atoms with van der Waals surface area (Å²) in [6, 6.07) is 4.93. The maximum atomic E-state index is 11.2. The summed E-state index contributed by atoms with van der Waals surface area (Å²) in [5.41, 5.74) is 5.17. The zero-order chi connectivity index (χ0) is 11.0. The number of methoxy groups -OCH3 is 1. The number of fused-ring (bicyclic) bond motifs is 1. The summed E-state index contributed by atoms with van der Waals surface area (Å²) in [6.07, 6.45) is 0. The van der Waals surface area contributed by atoms with Gasteiger partial charge in [0.15, 0.2) is 5.58 Å². The zero-order valence-corrected chi connectivity index (χ0v) is 8.67. The van der Waals surface area contributed by atoms with E-state index in [2.05, 4.69) is 0 Å². The summed E-state index contributed by atoms with van der Waals surface area (Å²) < 4.78 is 9.97. The first kappa shape index (κ1) is 9.86. The monoisotopic (exact) mass is 225 g/mol. The van der Waals surface area contributed by atoms with Crippen molar-refractivity contribution in [1.29, 1.82) is 0 Å². The molecule has 1 aromatic heterocycles. The van der Waals surface area contributed by atoms with Gasteiger partial charge in [-0.05, 0) is 18.2 Å². The van der Waals surface area contributed by atoms with Crippen LogP contribution in [0.4, 0.5) is 5.69 Å². The Bertz CT molecular complexity index is 577. The first-order valence-corrected chi connectivity index (χ1v) is 4.57. The summed E-state index contributed by atoms with van der Waals surface area (Å²) in [5.74, 6) is 0.456. The molecular weight excluding hydrogens is 218 g/mol. The standard InChI is InChI=1S/C10H8ClNO3/c1-14-7-3-2-5-4-6(12)10(13)15-9(5)8(7)11/h2-4H,12H2,1H3. The molecule has 0 amide bonds. The van der Waals surface area contributed by atoms with E-state index in [0.717, 1.165) is 0 Å². The summed E-state index contributed by atoms with van der Waals surface area (Å²) in [5, 5.41) is 0.935. The number of anilines is 1. The molecule has 0 saturated carbocycles. The lowest BCUT2D eigenvalue weighted by atomic mass is 10.2. The molecule has 0 atom stereocenters. The van der Waals surface area contributed by atoms with Crippen LogP contribution in [-0.4, -0.2) is 7.11 Å². The molecule has 0 unspecified atom stereocenters.